The summed E-state index contributed by atoms with van der Waals surface area (Å²) in [7, 11) is 1.53. The largest absolute Gasteiger partial charge is 0.497 e. The van der Waals surface area contributed by atoms with E-state index in [-0.39, 0.29) is 12.3 Å². The van der Waals surface area contributed by atoms with Crippen LogP contribution in [0.25, 0.3) is 0 Å². The number of amides is 2. The van der Waals surface area contributed by atoms with Crippen molar-refractivity contribution in [2.24, 2.45) is 5.10 Å². The van der Waals surface area contributed by atoms with E-state index < -0.39 is 17.8 Å². The van der Waals surface area contributed by atoms with E-state index in [9.17, 15) is 14.4 Å². The normalized spacial score (nSPS) is 10.5. The molecule has 9 heteroatoms. The number of esters is 1. The standard InChI is InChI=1S/C24H20BrN3O5/c1-32-20-10-7-16(8-11-20)23(30)26-15-22(29)28-27-14-18-13-19(25)9-12-21(18)33-24(31)17-5-3-2-4-6-17/h2-14H,15H2,1H3,(H,26,30)(H,28,29)/b27-14-. The average molecular weight is 510 g/mol. The fourth-order valence-corrected chi connectivity index (χ4v) is 3.04. The van der Waals surface area contributed by atoms with Gasteiger partial charge in [0.25, 0.3) is 11.8 Å². The molecule has 0 bridgehead atoms. The van der Waals surface area contributed by atoms with Gasteiger partial charge in [-0.15, -0.1) is 0 Å². The summed E-state index contributed by atoms with van der Waals surface area (Å²) < 4.78 is 11.2. The number of carbonyl (C=O) groups excluding carboxylic acids is 3. The first kappa shape index (κ1) is 23.7. The Labute approximate surface area is 198 Å². The lowest BCUT2D eigenvalue weighted by Crippen LogP contribution is -2.34. The zero-order chi connectivity index (χ0) is 23.6. The number of hydrazone groups is 1. The molecule has 8 nitrogen and oxygen atoms in total. The van der Waals surface area contributed by atoms with Crippen LogP contribution in [0.3, 0.4) is 0 Å². The maximum Gasteiger partial charge on any atom is 0.343 e. The van der Waals surface area contributed by atoms with Crippen LogP contribution < -0.4 is 20.2 Å². The fraction of sp³-hybridized carbons (Fsp3) is 0.0833. The van der Waals surface area contributed by atoms with Crippen molar-refractivity contribution in [2.45, 2.75) is 0 Å². The first-order chi connectivity index (χ1) is 16.0. The van der Waals surface area contributed by atoms with E-state index in [1.807, 2.05) is 0 Å². The Balaban J connectivity index is 1.56. The molecular weight excluding hydrogens is 490 g/mol. The molecule has 0 atom stereocenters. The highest BCUT2D eigenvalue weighted by Crippen LogP contribution is 2.23. The van der Waals surface area contributed by atoms with Crippen LogP contribution in [0.2, 0.25) is 0 Å². The summed E-state index contributed by atoms with van der Waals surface area (Å²) in [5.74, 6) is -0.541. The molecule has 3 rings (SSSR count). The molecular formula is C24H20BrN3O5. The zero-order valence-corrected chi connectivity index (χ0v) is 19.2. The van der Waals surface area contributed by atoms with Crippen molar-refractivity contribution in [3.8, 4) is 11.5 Å². The van der Waals surface area contributed by atoms with E-state index in [0.29, 0.717) is 22.4 Å². The predicted octanol–water partition coefficient (Wildman–Crippen LogP) is 3.56. The molecule has 0 saturated carbocycles. The molecule has 0 radical (unpaired) electrons. The van der Waals surface area contributed by atoms with Crippen molar-refractivity contribution in [3.63, 3.8) is 0 Å². The first-order valence-corrected chi connectivity index (χ1v) is 10.6. The Morgan fingerprint density at radius 2 is 1.70 bits per heavy atom. The van der Waals surface area contributed by atoms with Crippen LogP contribution in [-0.4, -0.2) is 37.7 Å². The molecule has 0 aliphatic rings. The fourth-order valence-electron chi connectivity index (χ4n) is 2.66. The van der Waals surface area contributed by atoms with Crippen molar-refractivity contribution in [3.05, 3.63) is 94.0 Å². The third-order valence-corrected chi connectivity index (χ3v) is 4.83. The Bertz CT molecular complexity index is 1160. The van der Waals surface area contributed by atoms with E-state index in [4.69, 9.17) is 9.47 Å². The lowest BCUT2D eigenvalue weighted by molar-refractivity contribution is -0.120. The molecule has 0 aliphatic heterocycles. The summed E-state index contributed by atoms with van der Waals surface area (Å²) in [5.41, 5.74) is 3.60. The van der Waals surface area contributed by atoms with Gasteiger partial charge in [0.2, 0.25) is 0 Å². The van der Waals surface area contributed by atoms with Gasteiger partial charge in [-0.2, -0.15) is 5.10 Å². The number of hydrogen-bond acceptors (Lipinski definition) is 6. The molecule has 3 aromatic rings. The van der Waals surface area contributed by atoms with E-state index >= 15 is 0 Å². The number of nitrogens with zero attached hydrogens (tertiary/aromatic N) is 1. The van der Waals surface area contributed by atoms with Gasteiger partial charge in [0, 0.05) is 15.6 Å². The van der Waals surface area contributed by atoms with Crippen LogP contribution in [0.5, 0.6) is 11.5 Å². The van der Waals surface area contributed by atoms with Gasteiger partial charge in [-0.1, -0.05) is 34.1 Å². The molecule has 0 aliphatic carbocycles. The second-order valence-corrected chi connectivity index (χ2v) is 7.56. The molecule has 0 aromatic heterocycles. The number of rotatable bonds is 8. The van der Waals surface area contributed by atoms with Gasteiger partial charge in [0.15, 0.2) is 0 Å². The minimum absolute atomic E-state index is 0.267. The summed E-state index contributed by atoms with van der Waals surface area (Å²) in [6.45, 7) is -0.267. The Hall–Kier alpha value is -3.98. The van der Waals surface area contributed by atoms with Crippen molar-refractivity contribution >= 4 is 39.9 Å². The number of carbonyl (C=O) groups is 3. The van der Waals surface area contributed by atoms with Crippen LogP contribution in [0.4, 0.5) is 0 Å². The predicted molar refractivity (Wildman–Crippen MR) is 127 cm³/mol. The Morgan fingerprint density at radius 3 is 2.39 bits per heavy atom. The second-order valence-electron chi connectivity index (χ2n) is 6.64. The minimum atomic E-state index is -0.522. The van der Waals surface area contributed by atoms with Crippen LogP contribution in [0.15, 0.2) is 82.4 Å². The SMILES string of the molecule is COc1ccc(C(=O)NCC(=O)N/N=C\c2cc(Br)ccc2OC(=O)c2ccccc2)cc1. The van der Waals surface area contributed by atoms with Gasteiger partial charge in [0.05, 0.1) is 25.4 Å². The topological polar surface area (TPSA) is 106 Å². The third-order valence-electron chi connectivity index (χ3n) is 4.34. The lowest BCUT2D eigenvalue weighted by Gasteiger charge is -2.08. The lowest BCUT2D eigenvalue weighted by atomic mass is 10.2. The molecule has 0 saturated heterocycles. The highest BCUT2D eigenvalue weighted by molar-refractivity contribution is 9.10. The van der Waals surface area contributed by atoms with E-state index in [0.717, 1.165) is 4.47 Å². The van der Waals surface area contributed by atoms with Gasteiger partial charge in [-0.25, -0.2) is 10.2 Å². The average Bonchev–Trinajstić information content (AvgIpc) is 2.84. The van der Waals surface area contributed by atoms with Gasteiger partial charge in [-0.3, -0.25) is 9.59 Å². The zero-order valence-electron chi connectivity index (χ0n) is 17.6. The molecule has 2 amide bonds. The summed E-state index contributed by atoms with van der Waals surface area (Å²) in [4.78, 5) is 36.5. The van der Waals surface area contributed by atoms with Crippen LogP contribution in [0.1, 0.15) is 26.3 Å². The minimum Gasteiger partial charge on any atom is -0.497 e. The molecule has 33 heavy (non-hydrogen) atoms. The van der Waals surface area contributed by atoms with Crippen LogP contribution >= 0.6 is 15.9 Å². The first-order valence-electron chi connectivity index (χ1n) is 9.77. The van der Waals surface area contributed by atoms with Crippen LogP contribution in [0, 0.1) is 0 Å². The molecule has 0 spiro atoms. The second kappa shape index (κ2) is 11.6. The van der Waals surface area contributed by atoms with E-state index in [1.54, 1.807) is 72.8 Å². The number of methoxy groups -OCH3 is 1. The highest BCUT2D eigenvalue weighted by Gasteiger charge is 2.12. The van der Waals surface area contributed by atoms with Gasteiger partial charge >= 0.3 is 5.97 Å². The summed E-state index contributed by atoms with van der Waals surface area (Å²) in [5, 5.41) is 6.40. The summed E-state index contributed by atoms with van der Waals surface area (Å²) >= 11 is 3.36. The quantitative estimate of drug-likeness (QED) is 0.209. The monoisotopic (exact) mass is 509 g/mol. The number of halogens is 1. The molecule has 0 heterocycles. The molecule has 3 aromatic carbocycles. The summed E-state index contributed by atoms with van der Waals surface area (Å²) in [6, 6.07) is 20.1. The maximum absolute atomic E-state index is 12.3. The van der Waals surface area contributed by atoms with Crippen LogP contribution in [-0.2, 0) is 4.79 Å². The third kappa shape index (κ3) is 7.01. The number of hydrogen-bond donors (Lipinski definition) is 2. The number of benzene rings is 3. The Kier molecular flexibility index (Phi) is 8.31. The maximum atomic E-state index is 12.3. The van der Waals surface area contributed by atoms with E-state index in [1.165, 1.54) is 13.3 Å². The van der Waals surface area contributed by atoms with Crippen molar-refractivity contribution in [1.82, 2.24) is 10.7 Å². The van der Waals surface area contributed by atoms with E-state index in [2.05, 4.69) is 31.8 Å². The van der Waals surface area contributed by atoms with Crippen molar-refractivity contribution < 1.29 is 23.9 Å². The van der Waals surface area contributed by atoms with Gasteiger partial charge < -0.3 is 14.8 Å². The van der Waals surface area contributed by atoms with Gasteiger partial charge in [-0.05, 0) is 54.6 Å². The molecule has 0 unspecified atom stereocenters. The van der Waals surface area contributed by atoms with Crippen molar-refractivity contribution in [1.29, 1.82) is 0 Å². The highest BCUT2D eigenvalue weighted by atomic mass is 79.9. The number of ether oxygens (including phenoxy) is 2. The summed E-state index contributed by atoms with van der Waals surface area (Å²) in [6.07, 6.45) is 1.35. The smallest absolute Gasteiger partial charge is 0.343 e. The van der Waals surface area contributed by atoms with Gasteiger partial charge in [0.1, 0.15) is 11.5 Å². The van der Waals surface area contributed by atoms with Crippen molar-refractivity contribution in [2.75, 3.05) is 13.7 Å². The Morgan fingerprint density at radius 1 is 0.970 bits per heavy atom. The number of nitrogens with one attached hydrogen (secondary N) is 2. The molecule has 0 fully saturated rings. The molecule has 168 valence electrons. The molecule has 2 N–H and O–H groups in total.